The van der Waals surface area contributed by atoms with Gasteiger partial charge in [-0.15, -0.1) is 0 Å². The predicted octanol–water partition coefficient (Wildman–Crippen LogP) is 3.07. The molecule has 0 radical (unpaired) electrons. The van der Waals surface area contributed by atoms with Gasteiger partial charge in [-0.25, -0.2) is 0 Å². The second kappa shape index (κ2) is 6.32. The highest BCUT2D eigenvalue weighted by atomic mass is 127. The fourth-order valence-electron chi connectivity index (χ4n) is 3.07. The number of hydrogen-bond donors (Lipinski definition) is 2. The first-order chi connectivity index (χ1) is 9.29. The van der Waals surface area contributed by atoms with Gasteiger partial charge in [0, 0.05) is 0 Å². The molecule has 1 rings (SSSR count). The minimum absolute atomic E-state index is 0.0857. The maximum absolute atomic E-state index is 12.2. The Morgan fingerprint density at radius 2 is 1.48 bits per heavy atom. The third-order valence-electron chi connectivity index (χ3n) is 4.70. The van der Waals surface area contributed by atoms with E-state index in [1.807, 2.05) is 13.8 Å². The van der Waals surface area contributed by atoms with Crippen molar-refractivity contribution in [2.24, 2.45) is 11.8 Å². The van der Waals surface area contributed by atoms with Gasteiger partial charge in [0.25, 0.3) is 0 Å². The first kappa shape index (κ1) is 19.2. The quantitative estimate of drug-likeness (QED) is 0.414. The summed E-state index contributed by atoms with van der Waals surface area (Å²) in [5, 5.41) is 20.7. The molecule has 0 saturated heterocycles. The maximum atomic E-state index is 12.2. The minimum Gasteiger partial charge on any atom is -0.461 e. The molecule has 1 fully saturated rings. The van der Waals surface area contributed by atoms with Gasteiger partial charge in [0.1, 0.15) is 9.53 Å². The third kappa shape index (κ3) is 4.79. The normalized spacial score (nSPS) is 30.0. The molecule has 1 aliphatic rings. The number of esters is 1. The zero-order chi connectivity index (χ0) is 16.6. The lowest BCUT2D eigenvalue weighted by molar-refractivity contribution is -0.151. The lowest BCUT2D eigenvalue weighted by atomic mass is 9.75. The Labute approximate surface area is 141 Å². The van der Waals surface area contributed by atoms with Crippen molar-refractivity contribution in [3.8, 4) is 0 Å². The molecule has 3 atom stereocenters. The molecule has 0 spiro atoms. The standard InChI is InChI=1S/C16H29IO4/c1-7-16(6,17)13(18)21-10-8-11(14(2,3)19)12(9-10)15(4,5)20/h10-12,19-20H,7-9H2,1-6H3. The van der Waals surface area contributed by atoms with Gasteiger partial charge in [0.05, 0.1) is 11.2 Å². The molecule has 0 aliphatic heterocycles. The zero-order valence-corrected chi connectivity index (χ0v) is 16.1. The first-order valence-corrected chi connectivity index (χ1v) is 8.71. The van der Waals surface area contributed by atoms with Crippen molar-refractivity contribution < 1.29 is 19.7 Å². The second-order valence-corrected chi connectivity index (χ2v) is 9.95. The van der Waals surface area contributed by atoms with Gasteiger partial charge < -0.3 is 14.9 Å². The zero-order valence-electron chi connectivity index (χ0n) is 13.9. The van der Waals surface area contributed by atoms with Crippen LogP contribution in [0.5, 0.6) is 0 Å². The van der Waals surface area contributed by atoms with Crippen molar-refractivity contribution >= 4 is 28.6 Å². The Hall–Kier alpha value is 0.120. The van der Waals surface area contributed by atoms with E-state index in [9.17, 15) is 15.0 Å². The van der Waals surface area contributed by atoms with E-state index >= 15 is 0 Å². The van der Waals surface area contributed by atoms with Crippen molar-refractivity contribution in [3.05, 3.63) is 0 Å². The topological polar surface area (TPSA) is 66.8 Å². The van der Waals surface area contributed by atoms with Gasteiger partial charge in [0.15, 0.2) is 0 Å². The highest BCUT2D eigenvalue weighted by Crippen LogP contribution is 2.46. The summed E-state index contributed by atoms with van der Waals surface area (Å²) in [6.07, 6.45) is 1.68. The molecule has 0 bridgehead atoms. The first-order valence-electron chi connectivity index (χ1n) is 7.63. The highest BCUT2D eigenvalue weighted by Gasteiger charge is 2.49. The molecule has 0 aromatic carbocycles. The summed E-state index contributed by atoms with van der Waals surface area (Å²) >= 11 is 2.12. The summed E-state index contributed by atoms with van der Waals surface area (Å²) in [7, 11) is 0. The van der Waals surface area contributed by atoms with Crippen molar-refractivity contribution in [3.63, 3.8) is 0 Å². The van der Waals surface area contributed by atoms with Crippen LogP contribution in [0.1, 0.15) is 60.8 Å². The van der Waals surface area contributed by atoms with Crippen LogP contribution in [0.15, 0.2) is 0 Å². The van der Waals surface area contributed by atoms with Gasteiger partial charge in [-0.1, -0.05) is 29.5 Å². The van der Waals surface area contributed by atoms with Crippen LogP contribution >= 0.6 is 22.6 Å². The molecule has 1 saturated carbocycles. The molecule has 21 heavy (non-hydrogen) atoms. The van der Waals surface area contributed by atoms with Crippen LogP contribution in [0, 0.1) is 11.8 Å². The van der Waals surface area contributed by atoms with Gasteiger partial charge in [-0.3, -0.25) is 4.79 Å². The number of halogens is 1. The molecule has 124 valence electrons. The largest absolute Gasteiger partial charge is 0.461 e. The minimum atomic E-state index is -0.899. The van der Waals surface area contributed by atoms with Crippen molar-refractivity contribution in [1.29, 1.82) is 0 Å². The number of rotatable bonds is 5. The monoisotopic (exact) mass is 412 g/mol. The van der Waals surface area contributed by atoms with Crippen LogP contribution in [-0.4, -0.2) is 36.9 Å². The predicted molar refractivity (Wildman–Crippen MR) is 91.4 cm³/mol. The van der Waals surface area contributed by atoms with Crippen LogP contribution in [0.2, 0.25) is 0 Å². The van der Waals surface area contributed by atoms with E-state index in [0.29, 0.717) is 19.3 Å². The average Bonchev–Trinajstić information content (AvgIpc) is 2.72. The van der Waals surface area contributed by atoms with Crippen LogP contribution < -0.4 is 0 Å². The molecule has 3 unspecified atom stereocenters. The summed E-state index contributed by atoms with van der Waals surface area (Å²) in [5.74, 6) is -0.378. The fraction of sp³-hybridized carbons (Fsp3) is 0.938. The van der Waals surface area contributed by atoms with Gasteiger partial charge in [-0.2, -0.15) is 0 Å². The summed E-state index contributed by atoms with van der Waals surface area (Å²) in [4.78, 5) is 12.2. The fourth-order valence-corrected chi connectivity index (χ4v) is 3.19. The van der Waals surface area contributed by atoms with Crippen molar-refractivity contribution in [2.75, 3.05) is 0 Å². The summed E-state index contributed by atoms with van der Waals surface area (Å²) in [6, 6.07) is 0. The van der Waals surface area contributed by atoms with Gasteiger partial charge in [-0.05, 0) is 65.7 Å². The summed E-state index contributed by atoms with van der Waals surface area (Å²) in [6.45, 7) is 10.9. The number of hydrogen-bond acceptors (Lipinski definition) is 4. The molecule has 0 amide bonds. The molecule has 0 aromatic heterocycles. The van der Waals surface area contributed by atoms with E-state index in [0.717, 1.165) is 0 Å². The number of alkyl halides is 1. The van der Waals surface area contributed by atoms with Crippen LogP contribution in [0.25, 0.3) is 0 Å². The van der Waals surface area contributed by atoms with Gasteiger partial charge in [0.2, 0.25) is 0 Å². The molecular weight excluding hydrogens is 383 g/mol. The Balaban J connectivity index is 2.84. The third-order valence-corrected chi connectivity index (χ3v) is 5.90. The van der Waals surface area contributed by atoms with Crippen LogP contribution in [-0.2, 0) is 9.53 Å². The molecular formula is C16H29IO4. The van der Waals surface area contributed by atoms with Crippen molar-refractivity contribution in [2.45, 2.75) is 81.5 Å². The Morgan fingerprint density at radius 1 is 1.10 bits per heavy atom. The Kier molecular flexibility index (Phi) is 5.77. The molecule has 5 heteroatoms. The van der Waals surface area contributed by atoms with Crippen LogP contribution in [0.4, 0.5) is 0 Å². The molecule has 0 heterocycles. The SMILES string of the molecule is CCC(C)(I)C(=O)OC1CC(C(C)(C)O)C(C(C)(C)O)C1. The van der Waals surface area contributed by atoms with E-state index < -0.39 is 14.6 Å². The highest BCUT2D eigenvalue weighted by molar-refractivity contribution is 14.1. The summed E-state index contributed by atoms with van der Waals surface area (Å²) < 4.78 is 5.13. The maximum Gasteiger partial charge on any atom is 0.322 e. The van der Waals surface area contributed by atoms with E-state index in [2.05, 4.69) is 22.6 Å². The Morgan fingerprint density at radius 3 is 1.76 bits per heavy atom. The molecule has 0 aromatic rings. The lowest BCUT2D eigenvalue weighted by Gasteiger charge is -2.37. The van der Waals surface area contributed by atoms with E-state index in [1.165, 1.54) is 0 Å². The number of carbonyl (C=O) groups excluding carboxylic acids is 1. The average molecular weight is 412 g/mol. The van der Waals surface area contributed by atoms with E-state index in [1.54, 1.807) is 27.7 Å². The number of carbonyl (C=O) groups is 1. The number of ether oxygens (including phenoxy) is 1. The smallest absolute Gasteiger partial charge is 0.322 e. The van der Waals surface area contributed by atoms with Crippen LogP contribution in [0.3, 0.4) is 0 Å². The lowest BCUT2D eigenvalue weighted by Crippen LogP contribution is -2.42. The van der Waals surface area contributed by atoms with E-state index in [4.69, 9.17) is 4.74 Å². The van der Waals surface area contributed by atoms with Crippen molar-refractivity contribution in [1.82, 2.24) is 0 Å². The van der Waals surface area contributed by atoms with E-state index in [-0.39, 0.29) is 23.9 Å². The molecule has 4 nitrogen and oxygen atoms in total. The Bertz CT molecular complexity index is 357. The molecule has 1 aliphatic carbocycles. The summed E-state index contributed by atoms with van der Waals surface area (Å²) in [5.41, 5.74) is -1.80. The van der Waals surface area contributed by atoms with Gasteiger partial charge >= 0.3 is 5.97 Å². The second-order valence-electron chi connectivity index (χ2n) is 7.57. The molecule has 2 N–H and O–H groups in total. The number of aliphatic hydroxyl groups is 2.